The average molecular weight is 277 g/mol. The van der Waals surface area contributed by atoms with E-state index in [0.717, 1.165) is 30.9 Å². The second kappa shape index (κ2) is 6.59. The molecule has 20 heavy (non-hydrogen) atoms. The molecule has 1 aromatic rings. The number of hydrogen-bond acceptors (Lipinski definition) is 3. The monoisotopic (exact) mass is 277 g/mol. The van der Waals surface area contributed by atoms with Crippen molar-refractivity contribution in [2.45, 2.75) is 39.2 Å². The lowest BCUT2D eigenvalue weighted by molar-refractivity contribution is 0.117. The Bertz CT molecular complexity index is 429. The Balaban J connectivity index is 1.96. The Morgan fingerprint density at radius 1 is 1.35 bits per heavy atom. The molecule has 1 atom stereocenters. The van der Waals surface area contributed by atoms with Crippen LogP contribution in [0.1, 0.15) is 44.8 Å². The Morgan fingerprint density at radius 2 is 2.10 bits per heavy atom. The molecular weight excluding hydrogens is 250 g/mol. The van der Waals surface area contributed by atoms with Crippen LogP contribution in [0.3, 0.4) is 0 Å². The van der Waals surface area contributed by atoms with Crippen molar-refractivity contribution in [3.05, 3.63) is 29.8 Å². The van der Waals surface area contributed by atoms with E-state index in [4.69, 9.17) is 4.74 Å². The number of aliphatic hydroxyl groups is 1. The van der Waals surface area contributed by atoms with Crippen molar-refractivity contribution < 1.29 is 9.84 Å². The van der Waals surface area contributed by atoms with Gasteiger partial charge in [-0.2, -0.15) is 0 Å². The number of hydrogen-bond donors (Lipinski definition) is 1. The predicted octanol–water partition coefficient (Wildman–Crippen LogP) is 3.24. The zero-order chi connectivity index (χ0) is 14.6. The van der Waals surface area contributed by atoms with Crippen molar-refractivity contribution in [1.82, 2.24) is 4.90 Å². The number of benzene rings is 1. The Morgan fingerprint density at radius 3 is 2.70 bits per heavy atom. The van der Waals surface area contributed by atoms with Gasteiger partial charge < -0.3 is 9.84 Å². The third-order valence-electron chi connectivity index (χ3n) is 4.93. The van der Waals surface area contributed by atoms with Gasteiger partial charge in [-0.05, 0) is 48.9 Å². The highest BCUT2D eigenvalue weighted by Gasteiger charge is 2.35. The molecule has 1 aromatic carbocycles. The minimum atomic E-state index is -0.436. The topological polar surface area (TPSA) is 32.7 Å². The molecule has 0 aliphatic carbocycles. The van der Waals surface area contributed by atoms with Crippen molar-refractivity contribution in [2.24, 2.45) is 5.41 Å². The molecule has 112 valence electrons. The maximum absolute atomic E-state index is 10.4. The molecule has 0 spiro atoms. The van der Waals surface area contributed by atoms with Crippen molar-refractivity contribution in [1.29, 1.82) is 0 Å². The van der Waals surface area contributed by atoms with Gasteiger partial charge in [0.1, 0.15) is 5.75 Å². The van der Waals surface area contributed by atoms with Gasteiger partial charge in [0.05, 0.1) is 13.2 Å². The molecule has 1 aliphatic rings. The summed E-state index contributed by atoms with van der Waals surface area (Å²) in [6.07, 6.45) is 3.28. The third-order valence-corrected chi connectivity index (χ3v) is 4.93. The molecule has 1 aliphatic heterocycles. The largest absolute Gasteiger partial charge is 0.497 e. The van der Waals surface area contributed by atoms with Crippen LogP contribution in [0.4, 0.5) is 0 Å². The van der Waals surface area contributed by atoms with Crippen LogP contribution in [0.2, 0.25) is 0 Å². The van der Waals surface area contributed by atoms with Gasteiger partial charge in [-0.25, -0.2) is 0 Å². The van der Waals surface area contributed by atoms with E-state index >= 15 is 0 Å². The number of β-amino-alcohol motifs (C(OH)–C–C–N with tert-alkyl or cyclic N) is 1. The van der Waals surface area contributed by atoms with Crippen LogP contribution in [-0.4, -0.2) is 36.8 Å². The molecule has 1 fully saturated rings. The fourth-order valence-corrected chi connectivity index (χ4v) is 3.21. The summed E-state index contributed by atoms with van der Waals surface area (Å²) < 4.78 is 5.22. The molecule has 1 unspecified atom stereocenters. The van der Waals surface area contributed by atoms with Gasteiger partial charge in [0.2, 0.25) is 0 Å². The van der Waals surface area contributed by atoms with E-state index in [1.54, 1.807) is 7.11 Å². The van der Waals surface area contributed by atoms with E-state index in [1.165, 1.54) is 19.3 Å². The van der Waals surface area contributed by atoms with Crippen molar-refractivity contribution >= 4 is 0 Å². The van der Waals surface area contributed by atoms with Crippen molar-refractivity contribution in [3.63, 3.8) is 0 Å². The summed E-state index contributed by atoms with van der Waals surface area (Å²) in [5.41, 5.74) is 1.41. The SMILES string of the molecule is CCC1(CC)CCN(CC(O)c2cccc(OC)c2)C1. The summed E-state index contributed by atoms with van der Waals surface area (Å²) in [6.45, 7) is 7.50. The van der Waals surface area contributed by atoms with Crippen LogP contribution in [0.25, 0.3) is 0 Å². The van der Waals surface area contributed by atoms with Crippen LogP contribution in [0.15, 0.2) is 24.3 Å². The summed E-state index contributed by atoms with van der Waals surface area (Å²) in [5, 5.41) is 10.4. The van der Waals surface area contributed by atoms with Crippen LogP contribution in [-0.2, 0) is 0 Å². The number of nitrogens with zero attached hydrogens (tertiary/aromatic N) is 1. The number of methoxy groups -OCH3 is 1. The number of aliphatic hydroxyl groups excluding tert-OH is 1. The highest BCUT2D eigenvalue weighted by molar-refractivity contribution is 5.29. The van der Waals surface area contributed by atoms with Gasteiger partial charge in [0.15, 0.2) is 0 Å². The maximum atomic E-state index is 10.4. The summed E-state index contributed by atoms with van der Waals surface area (Å²) in [4.78, 5) is 2.40. The lowest BCUT2D eigenvalue weighted by Gasteiger charge is -2.27. The van der Waals surface area contributed by atoms with Crippen LogP contribution >= 0.6 is 0 Å². The van der Waals surface area contributed by atoms with Crippen LogP contribution < -0.4 is 4.74 Å². The summed E-state index contributed by atoms with van der Waals surface area (Å²) in [7, 11) is 1.66. The predicted molar refractivity (Wildman–Crippen MR) is 82.0 cm³/mol. The maximum Gasteiger partial charge on any atom is 0.119 e. The molecule has 2 rings (SSSR count). The van der Waals surface area contributed by atoms with E-state index in [-0.39, 0.29) is 0 Å². The smallest absolute Gasteiger partial charge is 0.119 e. The third kappa shape index (κ3) is 3.33. The van der Waals surface area contributed by atoms with Gasteiger partial charge in [-0.1, -0.05) is 26.0 Å². The zero-order valence-electron chi connectivity index (χ0n) is 12.9. The quantitative estimate of drug-likeness (QED) is 0.866. The summed E-state index contributed by atoms with van der Waals surface area (Å²) in [5.74, 6) is 0.805. The van der Waals surface area contributed by atoms with E-state index in [1.807, 2.05) is 24.3 Å². The molecule has 1 saturated heterocycles. The molecule has 0 aromatic heterocycles. The zero-order valence-corrected chi connectivity index (χ0v) is 12.9. The van der Waals surface area contributed by atoms with Gasteiger partial charge in [-0.15, -0.1) is 0 Å². The molecule has 0 amide bonds. The van der Waals surface area contributed by atoms with Crippen LogP contribution in [0, 0.1) is 5.41 Å². The fraction of sp³-hybridized carbons (Fsp3) is 0.647. The van der Waals surface area contributed by atoms with Gasteiger partial charge in [0, 0.05) is 13.1 Å². The molecular formula is C17H27NO2. The molecule has 0 saturated carbocycles. The average Bonchev–Trinajstić information content (AvgIpc) is 2.91. The van der Waals surface area contributed by atoms with E-state index in [0.29, 0.717) is 5.41 Å². The standard InChI is InChI=1S/C17H27NO2/c1-4-17(5-2)9-10-18(13-17)12-16(19)14-7-6-8-15(11-14)20-3/h6-8,11,16,19H,4-5,9-10,12-13H2,1-3H3. The number of ether oxygens (including phenoxy) is 1. The fourth-order valence-electron chi connectivity index (χ4n) is 3.21. The summed E-state index contributed by atoms with van der Waals surface area (Å²) in [6, 6.07) is 7.73. The van der Waals surface area contributed by atoms with Crippen molar-refractivity contribution in [2.75, 3.05) is 26.7 Å². The second-order valence-electron chi connectivity index (χ2n) is 5.98. The van der Waals surface area contributed by atoms with Gasteiger partial charge in [-0.3, -0.25) is 4.90 Å². The molecule has 1 N–H and O–H groups in total. The first kappa shape index (κ1) is 15.3. The minimum absolute atomic E-state index is 0.436. The molecule has 3 heteroatoms. The molecule has 1 heterocycles. The minimum Gasteiger partial charge on any atom is -0.497 e. The molecule has 3 nitrogen and oxygen atoms in total. The van der Waals surface area contributed by atoms with E-state index < -0.39 is 6.10 Å². The summed E-state index contributed by atoms with van der Waals surface area (Å²) >= 11 is 0. The Hall–Kier alpha value is -1.06. The van der Waals surface area contributed by atoms with E-state index in [2.05, 4.69) is 18.7 Å². The van der Waals surface area contributed by atoms with Gasteiger partial charge in [0.25, 0.3) is 0 Å². The Labute approximate surface area is 122 Å². The first-order chi connectivity index (χ1) is 9.62. The molecule has 0 bridgehead atoms. The van der Waals surface area contributed by atoms with Gasteiger partial charge >= 0.3 is 0 Å². The second-order valence-corrected chi connectivity index (χ2v) is 5.98. The molecule has 0 radical (unpaired) electrons. The number of likely N-dealkylation sites (tertiary alicyclic amines) is 1. The lowest BCUT2D eigenvalue weighted by atomic mass is 9.82. The highest BCUT2D eigenvalue weighted by Crippen LogP contribution is 2.37. The first-order valence-corrected chi connectivity index (χ1v) is 7.67. The Kier molecular flexibility index (Phi) is 5.06. The first-order valence-electron chi connectivity index (χ1n) is 7.67. The normalized spacial score (nSPS) is 20.0. The number of rotatable bonds is 6. The van der Waals surface area contributed by atoms with Crippen molar-refractivity contribution in [3.8, 4) is 5.75 Å². The van der Waals surface area contributed by atoms with Crippen LogP contribution in [0.5, 0.6) is 5.75 Å². The highest BCUT2D eigenvalue weighted by atomic mass is 16.5. The van der Waals surface area contributed by atoms with E-state index in [9.17, 15) is 5.11 Å². The lowest BCUT2D eigenvalue weighted by Crippen LogP contribution is -2.30.